The molecular formula is C28H26N2O3. The largest absolute Gasteiger partial charge is 0.623 e. The van der Waals surface area contributed by atoms with Gasteiger partial charge in [0.05, 0.1) is 0 Å². The first kappa shape index (κ1) is 22.4. The summed E-state index contributed by atoms with van der Waals surface area (Å²) >= 11 is 0. The Balaban J connectivity index is 1.44. The number of benzene rings is 4. The van der Waals surface area contributed by atoms with Gasteiger partial charge in [0, 0.05) is 24.3 Å². The van der Waals surface area contributed by atoms with Crippen LogP contribution >= 0.6 is 0 Å². The Morgan fingerprint density at radius 3 is 1.55 bits per heavy atom. The molecule has 0 amide bonds. The first-order chi connectivity index (χ1) is 15.8. The molecule has 1 N–H and O–H groups in total. The molecule has 4 aromatic carbocycles. The third-order valence-electron chi connectivity index (χ3n) is 5.53. The van der Waals surface area contributed by atoms with Gasteiger partial charge in [0.1, 0.15) is 28.6 Å². The van der Waals surface area contributed by atoms with Crippen molar-refractivity contribution in [2.75, 3.05) is 0 Å². The summed E-state index contributed by atoms with van der Waals surface area (Å²) in [5.41, 5.74) is 5.18. The Labute approximate surface area is 193 Å². The van der Waals surface area contributed by atoms with Gasteiger partial charge >= 0.3 is 0 Å². The van der Waals surface area contributed by atoms with E-state index in [0.29, 0.717) is 28.6 Å². The highest BCUT2D eigenvalue weighted by atomic mass is 16.5. The van der Waals surface area contributed by atoms with E-state index >= 15 is 0 Å². The van der Waals surface area contributed by atoms with Gasteiger partial charge in [0.15, 0.2) is 0 Å². The zero-order valence-electron chi connectivity index (χ0n) is 18.9. The van der Waals surface area contributed by atoms with Gasteiger partial charge in [-0.1, -0.05) is 45.0 Å². The number of nitrogens with one attached hydrogen (secondary N) is 1. The molecule has 0 radical (unpaired) electrons. The average molecular weight is 439 g/mol. The monoisotopic (exact) mass is 438 g/mol. The van der Waals surface area contributed by atoms with E-state index in [-0.39, 0.29) is 10.5 Å². The van der Waals surface area contributed by atoms with Crippen LogP contribution in [-0.4, -0.2) is 0 Å². The molecule has 0 spiro atoms. The normalized spacial score (nSPS) is 12.2. The molecule has 0 bridgehead atoms. The molecular weight excluding hydrogens is 412 g/mol. The van der Waals surface area contributed by atoms with Gasteiger partial charge in [0.2, 0.25) is 0 Å². The SMILES string of the molecule is CC(C)(C)c1ccc(-c2ccc([NH+]([O-])c3ccc(Oc4ccc(N=O)cc4)cc3)cc2)cc1. The van der Waals surface area contributed by atoms with Crippen LogP contribution in [0.3, 0.4) is 0 Å². The van der Waals surface area contributed by atoms with E-state index in [1.165, 1.54) is 5.56 Å². The summed E-state index contributed by atoms with van der Waals surface area (Å²) in [6.45, 7) is 6.60. The maximum atomic E-state index is 12.9. The van der Waals surface area contributed by atoms with Crippen molar-refractivity contribution < 1.29 is 9.80 Å². The molecule has 1 unspecified atom stereocenters. The van der Waals surface area contributed by atoms with Crippen LogP contribution in [-0.2, 0) is 5.41 Å². The quantitative estimate of drug-likeness (QED) is 0.256. The highest BCUT2D eigenvalue weighted by Crippen LogP contribution is 2.27. The number of hydrogen-bond acceptors (Lipinski definition) is 4. The maximum absolute atomic E-state index is 12.9. The summed E-state index contributed by atoms with van der Waals surface area (Å²) in [5, 5.41) is 15.7. The van der Waals surface area contributed by atoms with Gasteiger partial charge < -0.3 is 15.0 Å². The fourth-order valence-electron chi connectivity index (χ4n) is 3.53. The topological polar surface area (TPSA) is 66.2 Å². The number of nitroso groups, excluding NO2 is 1. The number of quaternary nitrogens is 1. The summed E-state index contributed by atoms with van der Waals surface area (Å²) in [6, 6.07) is 29.8. The lowest BCUT2D eigenvalue weighted by Crippen LogP contribution is -2.96. The fraction of sp³-hybridized carbons (Fsp3) is 0.143. The lowest BCUT2D eigenvalue weighted by molar-refractivity contribution is -0.698. The van der Waals surface area contributed by atoms with Crippen molar-refractivity contribution in [1.82, 2.24) is 0 Å². The van der Waals surface area contributed by atoms with Crippen LogP contribution < -0.4 is 9.80 Å². The van der Waals surface area contributed by atoms with Crippen molar-refractivity contribution in [2.45, 2.75) is 26.2 Å². The van der Waals surface area contributed by atoms with E-state index in [0.717, 1.165) is 11.1 Å². The molecule has 5 heteroatoms. The molecule has 0 saturated carbocycles. The Morgan fingerprint density at radius 1 is 0.667 bits per heavy atom. The third-order valence-corrected chi connectivity index (χ3v) is 5.53. The maximum Gasteiger partial charge on any atom is 0.136 e. The predicted molar refractivity (Wildman–Crippen MR) is 133 cm³/mol. The van der Waals surface area contributed by atoms with Crippen molar-refractivity contribution in [3.05, 3.63) is 113 Å². The minimum absolute atomic E-state index is 0.0439. The van der Waals surface area contributed by atoms with Crippen molar-refractivity contribution >= 4 is 17.1 Å². The summed E-state index contributed by atoms with van der Waals surface area (Å²) in [5.74, 6) is 1.19. The molecule has 0 aliphatic heterocycles. The molecule has 0 aromatic heterocycles. The van der Waals surface area contributed by atoms with E-state index in [2.05, 4.69) is 50.2 Å². The van der Waals surface area contributed by atoms with Crippen molar-refractivity contribution in [2.24, 2.45) is 5.18 Å². The Morgan fingerprint density at radius 2 is 1.09 bits per heavy atom. The Bertz CT molecular complexity index is 1210. The lowest BCUT2D eigenvalue weighted by atomic mass is 9.86. The van der Waals surface area contributed by atoms with Crippen LogP contribution in [0.1, 0.15) is 26.3 Å². The Kier molecular flexibility index (Phi) is 6.36. The molecule has 0 fully saturated rings. The molecule has 166 valence electrons. The van der Waals surface area contributed by atoms with Crippen LogP contribution in [0.15, 0.2) is 102 Å². The summed E-state index contributed by atoms with van der Waals surface area (Å²) in [6.07, 6.45) is 0. The predicted octanol–water partition coefficient (Wildman–Crippen LogP) is 7.19. The zero-order valence-corrected chi connectivity index (χ0v) is 18.9. The summed E-state index contributed by atoms with van der Waals surface area (Å²) < 4.78 is 5.76. The molecule has 0 aliphatic carbocycles. The van der Waals surface area contributed by atoms with Crippen LogP contribution in [0, 0.1) is 10.1 Å². The number of nitrogens with zero attached hydrogens (tertiary/aromatic N) is 1. The van der Waals surface area contributed by atoms with Crippen LogP contribution in [0.5, 0.6) is 11.5 Å². The zero-order chi connectivity index (χ0) is 23.4. The van der Waals surface area contributed by atoms with E-state index < -0.39 is 0 Å². The number of rotatable bonds is 6. The highest BCUT2D eigenvalue weighted by Gasteiger charge is 2.13. The third kappa shape index (κ3) is 5.34. The van der Waals surface area contributed by atoms with Crippen LogP contribution in [0.25, 0.3) is 11.1 Å². The molecule has 1 atom stereocenters. The summed E-state index contributed by atoms with van der Waals surface area (Å²) in [7, 11) is 0. The first-order valence-corrected chi connectivity index (χ1v) is 10.8. The lowest BCUT2D eigenvalue weighted by Gasteiger charge is -2.22. The second-order valence-corrected chi connectivity index (χ2v) is 8.95. The molecule has 33 heavy (non-hydrogen) atoms. The smallest absolute Gasteiger partial charge is 0.136 e. The standard InChI is InChI=1S/C28H26N2O3/c1-28(2,3)22-8-4-20(5-9-22)21-6-12-24(13-7-21)30(32)25-14-18-27(19-15-25)33-26-16-10-23(29-31)11-17-26/h4-19,30H,1-3H3. The van der Waals surface area contributed by atoms with E-state index in [1.54, 1.807) is 48.5 Å². The van der Waals surface area contributed by atoms with Crippen molar-refractivity contribution in [1.29, 1.82) is 0 Å². The molecule has 0 aliphatic rings. The second kappa shape index (κ2) is 9.36. The average Bonchev–Trinajstić information content (AvgIpc) is 2.84. The minimum Gasteiger partial charge on any atom is -0.623 e. The number of ether oxygens (including phenoxy) is 1. The van der Waals surface area contributed by atoms with Crippen LogP contribution in [0.4, 0.5) is 17.1 Å². The van der Waals surface area contributed by atoms with Gasteiger partial charge in [0.25, 0.3) is 0 Å². The summed E-state index contributed by atoms with van der Waals surface area (Å²) in [4.78, 5) is 10.5. The van der Waals surface area contributed by atoms with E-state index in [1.807, 2.05) is 24.3 Å². The molecule has 0 saturated heterocycles. The van der Waals surface area contributed by atoms with Gasteiger partial charge in [-0.05, 0) is 75.8 Å². The fourth-order valence-corrected chi connectivity index (χ4v) is 3.53. The second-order valence-electron chi connectivity index (χ2n) is 8.95. The van der Waals surface area contributed by atoms with Crippen LogP contribution in [0.2, 0.25) is 0 Å². The molecule has 4 rings (SSSR count). The van der Waals surface area contributed by atoms with Crippen molar-refractivity contribution in [3.8, 4) is 22.6 Å². The molecule has 0 heterocycles. The van der Waals surface area contributed by atoms with E-state index in [4.69, 9.17) is 4.74 Å². The minimum atomic E-state index is -0.0439. The number of hydrogen-bond donors (Lipinski definition) is 1. The van der Waals surface area contributed by atoms with Gasteiger partial charge in [-0.2, -0.15) is 0 Å². The van der Waals surface area contributed by atoms with E-state index in [9.17, 15) is 10.1 Å². The Hall–Kier alpha value is -3.80. The first-order valence-electron chi connectivity index (χ1n) is 10.8. The molecule has 5 nitrogen and oxygen atoms in total. The van der Waals surface area contributed by atoms with Gasteiger partial charge in [-0.3, -0.25) is 0 Å². The van der Waals surface area contributed by atoms with Crippen molar-refractivity contribution in [3.63, 3.8) is 0 Å². The van der Waals surface area contributed by atoms with Gasteiger partial charge in [-0.15, -0.1) is 4.91 Å². The molecule has 4 aromatic rings. The highest BCUT2D eigenvalue weighted by molar-refractivity contribution is 5.65. The van der Waals surface area contributed by atoms with Gasteiger partial charge in [-0.25, -0.2) is 0 Å².